The van der Waals surface area contributed by atoms with Crippen LogP contribution >= 0.6 is 0 Å². The molecular weight excluding hydrogens is 258 g/mol. The minimum Gasteiger partial charge on any atom is -0.468 e. The Morgan fingerprint density at radius 2 is 2.10 bits per heavy atom. The Morgan fingerprint density at radius 1 is 1.35 bits per heavy atom. The van der Waals surface area contributed by atoms with Crippen LogP contribution in [-0.4, -0.2) is 51.6 Å². The van der Waals surface area contributed by atoms with Crippen LogP contribution in [0.5, 0.6) is 0 Å². The van der Waals surface area contributed by atoms with Crippen molar-refractivity contribution in [3.05, 3.63) is 0 Å². The maximum atomic E-state index is 12.1. The van der Waals surface area contributed by atoms with Gasteiger partial charge in [0.1, 0.15) is 5.54 Å². The SMILES string of the molecule is CNC1(C(=O)OC)CCCC1CCOC1CCOCC1. The largest absolute Gasteiger partial charge is 0.468 e. The standard InChI is InChI=1S/C15H27NO4/c1-16-15(14(17)18-2)8-3-4-12(15)5-11-20-13-6-9-19-10-7-13/h12-13,16H,3-11H2,1-2H3. The number of methoxy groups -OCH3 is 1. The Balaban J connectivity index is 1.82. The molecule has 5 nitrogen and oxygen atoms in total. The highest BCUT2D eigenvalue weighted by Gasteiger charge is 2.48. The van der Waals surface area contributed by atoms with Crippen LogP contribution in [0.1, 0.15) is 38.5 Å². The van der Waals surface area contributed by atoms with E-state index in [0.717, 1.165) is 58.3 Å². The molecule has 0 bridgehead atoms. The molecule has 0 aromatic carbocycles. The monoisotopic (exact) mass is 285 g/mol. The molecule has 0 spiro atoms. The number of hydrogen-bond acceptors (Lipinski definition) is 5. The summed E-state index contributed by atoms with van der Waals surface area (Å²) in [7, 11) is 3.32. The van der Waals surface area contributed by atoms with Crippen molar-refractivity contribution in [3.8, 4) is 0 Å². The zero-order chi connectivity index (χ0) is 14.4. The molecule has 2 aliphatic rings. The van der Waals surface area contributed by atoms with Crippen molar-refractivity contribution in [1.29, 1.82) is 0 Å². The molecule has 0 amide bonds. The van der Waals surface area contributed by atoms with E-state index < -0.39 is 5.54 Å². The molecule has 0 aromatic rings. The van der Waals surface area contributed by atoms with Crippen LogP contribution in [0.25, 0.3) is 0 Å². The Kier molecular flexibility index (Phi) is 5.81. The third kappa shape index (κ3) is 3.32. The summed E-state index contributed by atoms with van der Waals surface area (Å²) in [5.41, 5.74) is -0.506. The fourth-order valence-corrected chi connectivity index (χ4v) is 3.57. The van der Waals surface area contributed by atoms with E-state index in [1.54, 1.807) is 0 Å². The molecule has 1 N–H and O–H groups in total. The van der Waals surface area contributed by atoms with Crippen molar-refractivity contribution in [2.45, 2.75) is 50.2 Å². The van der Waals surface area contributed by atoms with Crippen molar-refractivity contribution in [1.82, 2.24) is 5.32 Å². The summed E-state index contributed by atoms with van der Waals surface area (Å²) in [5.74, 6) is 0.174. The second kappa shape index (κ2) is 7.38. The summed E-state index contributed by atoms with van der Waals surface area (Å²) in [6.45, 7) is 2.32. The van der Waals surface area contributed by atoms with E-state index in [4.69, 9.17) is 14.2 Å². The minimum absolute atomic E-state index is 0.131. The average Bonchev–Trinajstić information content (AvgIpc) is 2.91. The number of likely N-dealkylation sites (N-methyl/N-ethyl adjacent to an activating group) is 1. The molecule has 1 aliphatic heterocycles. The summed E-state index contributed by atoms with van der Waals surface area (Å²) in [6.07, 6.45) is 6.20. The number of rotatable bonds is 6. The maximum absolute atomic E-state index is 12.1. The van der Waals surface area contributed by atoms with E-state index in [1.165, 1.54) is 7.11 Å². The van der Waals surface area contributed by atoms with Gasteiger partial charge in [0.15, 0.2) is 0 Å². The number of ether oxygens (including phenoxy) is 3. The predicted molar refractivity (Wildman–Crippen MR) is 75.6 cm³/mol. The van der Waals surface area contributed by atoms with Gasteiger partial charge in [0.2, 0.25) is 0 Å². The highest BCUT2D eigenvalue weighted by atomic mass is 16.5. The van der Waals surface area contributed by atoms with Gasteiger partial charge in [0.05, 0.1) is 13.2 Å². The molecule has 0 aromatic heterocycles. The molecule has 0 radical (unpaired) electrons. The lowest BCUT2D eigenvalue weighted by Crippen LogP contribution is -2.54. The summed E-state index contributed by atoms with van der Waals surface area (Å²) in [6, 6.07) is 0. The summed E-state index contributed by atoms with van der Waals surface area (Å²) >= 11 is 0. The van der Waals surface area contributed by atoms with E-state index in [-0.39, 0.29) is 5.97 Å². The van der Waals surface area contributed by atoms with E-state index in [1.807, 2.05) is 7.05 Å². The molecule has 2 rings (SSSR count). The van der Waals surface area contributed by atoms with E-state index in [2.05, 4.69) is 5.32 Å². The predicted octanol–water partition coefficient (Wildman–Crippen LogP) is 1.50. The lowest BCUT2D eigenvalue weighted by molar-refractivity contribution is -0.150. The lowest BCUT2D eigenvalue weighted by atomic mass is 9.85. The maximum Gasteiger partial charge on any atom is 0.326 e. The van der Waals surface area contributed by atoms with E-state index >= 15 is 0 Å². The number of esters is 1. The molecule has 2 fully saturated rings. The molecule has 1 saturated carbocycles. The van der Waals surface area contributed by atoms with Gasteiger partial charge >= 0.3 is 5.97 Å². The quantitative estimate of drug-likeness (QED) is 0.750. The summed E-state index contributed by atoms with van der Waals surface area (Å²) in [4.78, 5) is 12.1. The molecule has 20 heavy (non-hydrogen) atoms. The van der Waals surface area contributed by atoms with Gasteiger partial charge in [-0.2, -0.15) is 0 Å². The Morgan fingerprint density at radius 3 is 2.75 bits per heavy atom. The summed E-state index contributed by atoms with van der Waals surface area (Å²) < 4.78 is 16.3. The van der Waals surface area contributed by atoms with Gasteiger partial charge in [-0.25, -0.2) is 0 Å². The van der Waals surface area contributed by atoms with Gasteiger partial charge in [-0.3, -0.25) is 4.79 Å². The first-order valence-corrected chi connectivity index (χ1v) is 7.69. The summed E-state index contributed by atoms with van der Waals surface area (Å²) in [5, 5.41) is 3.22. The number of carbonyl (C=O) groups is 1. The first-order chi connectivity index (χ1) is 9.73. The highest BCUT2D eigenvalue weighted by molar-refractivity contribution is 5.81. The van der Waals surface area contributed by atoms with Gasteiger partial charge in [-0.15, -0.1) is 0 Å². The van der Waals surface area contributed by atoms with Gasteiger partial charge in [0.25, 0.3) is 0 Å². The molecular formula is C15H27NO4. The van der Waals surface area contributed by atoms with Crippen molar-refractivity contribution < 1.29 is 19.0 Å². The second-order valence-electron chi connectivity index (χ2n) is 5.77. The van der Waals surface area contributed by atoms with Crippen LogP contribution < -0.4 is 5.32 Å². The van der Waals surface area contributed by atoms with Crippen LogP contribution in [-0.2, 0) is 19.0 Å². The molecule has 1 saturated heterocycles. The molecule has 2 atom stereocenters. The highest BCUT2D eigenvalue weighted by Crippen LogP contribution is 2.38. The zero-order valence-electron chi connectivity index (χ0n) is 12.7. The van der Waals surface area contributed by atoms with Crippen molar-refractivity contribution in [3.63, 3.8) is 0 Å². The van der Waals surface area contributed by atoms with Crippen molar-refractivity contribution in [2.75, 3.05) is 34.0 Å². The van der Waals surface area contributed by atoms with Gasteiger partial charge in [-0.05, 0) is 45.1 Å². The fraction of sp³-hybridized carbons (Fsp3) is 0.933. The minimum atomic E-state index is -0.506. The van der Waals surface area contributed by atoms with Crippen molar-refractivity contribution in [2.24, 2.45) is 5.92 Å². The van der Waals surface area contributed by atoms with Crippen LogP contribution in [0.2, 0.25) is 0 Å². The molecule has 1 heterocycles. The van der Waals surface area contributed by atoms with Crippen LogP contribution in [0.3, 0.4) is 0 Å². The Bertz CT molecular complexity index is 317. The van der Waals surface area contributed by atoms with Gasteiger partial charge in [0, 0.05) is 19.8 Å². The molecule has 1 aliphatic carbocycles. The first-order valence-electron chi connectivity index (χ1n) is 7.69. The molecule has 2 unspecified atom stereocenters. The number of carbonyl (C=O) groups excluding carboxylic acids is 1. The lowest BCUT2D eigenvalue weighted by Gasteiger charge is -2.33. The number of nitrogens with one attached hydrogen (secondary N) is 1. The van der Waals surface area contributed by atoms with Crippen molar-refractivity contribution >= 4 is 5.97 Å². The van der Waals surface area contributed by atoms with E-state index in [0.29, 0.717) is 12.0 Å². The normalized spacial score (nSPS) is 31.4. The zero-order valence-corrected chi connectivity index (χ0v) is 12.7. The van der Waals surface area contributed by atoms with Crippen LogP contribution in [0, 0.1) is 5.92 Å². The van der Waals surface area contributed by atoms with Crippen LogP contribution in [0.15, 0.2) is 0 Å². The third-order valence-electron chi connectivity index (χ3n) is 4.80. The molecule has 5 heteroatoms. The first kappa shape index (κ1) is 15.7. The van der Waals surface area contributed by atoms with Crippen LogP contribution in [0.4, 0.5) is 0 Å². The van der Waals surface area contributed by atoms with Gasteiger partial charge < -0.3 is 19.5 Å². The smallest absolute Gasteiger partial charge is 0.326 e. The van der Waals surface area contributed by atoms with Gasteiger partial charge in [-0.1, -0.05) is 6.42 Å². The Hall–Kier alpha value is -0.650. The second-order valence-corrected chi connectivity index (χ2v) is 5.77. The van der Waals surface area contributed by atoms with E-state index in [9.17, 15) is 4.79 Å². The fourth-order valence-electron chi connectivity index (χ4n) is 3.57. The Labute approximate surface area is 121 Å². The topological polar surface area (TPSA) is 56.8 Å². The average molecular weight is 285 g/mol. The molecule has 116 valence electrons. The third-order valence-corrected chi connectivity index (χ3v) is 4.80. The number of hydrogen-bond donors (Lipinski definition) is 1.